The second-order valence-corrected chi connectivity index (χ2v) is 11.0. The van der Waals surface area contributed by atoms with Crippen molar-refractivity contribution in [1.82, 2.24) is 10.6 Å². The Labute approximate surface area is 249 Å². The molecule has 10 heteroatoms. The number of amides is 4. The molecule has 0 aromatic heterocycles. The van der Waals surface area contributed by atoms with Gasteiger partial charge >= 0.3 is 5.97 Å². The molecule has 4 amide bonds. The Morgan fingerprint density at radius 2 is 1.60 bits per heavy atom. The van der Waals surface area contributed by atoms with Gasteiger partial charge in [0.05, 0.1) is 29.8 Å². The molecule has 2 aliphatic rings. The average Bonchev–Trinajstić information content (AvgIpc) is 3.51. The molecule has 1 unspecified atom stereocenters. The molecule has 43 heavy (non-hydrogen) atoms. The summed E-state index contributed by atoms with van der Waals surface area (Å²) in [7, 11) is 0. The summed E-state index contributed by atoms with van der Waals surface area (Å²) in [6.45, 7) is 4.25. The van der Waals surface area contributed by atoms with Crippen molar-refractivity contribution in [2.75, 3.05) is 22.9 Å². The largest absolute Gasteiger partial charge is 0.480 e. The number of hydrogen-bond acceptors (Lipinski definition) is 6. The Bertz CT molecular complexity index is 1540. The van der Waals surface area contributed by atoms with Gasteiger partial charge in [-0.2, -0.15) is 0 Å². The highest BCUT2D eigenvalue weighted by atomic mass is 16.4. The molecule has 0 radical (unpaired) electrons. The summed E-state index contributed by atoms with van der Waals surface area (Å²) in [6.07, 6.45) is 1.11. The zero-order valence-corrected chi connectivity index (χ0v) is 24.1. The van der Waals surface area contributed by atoms with E-state index in [9.17, 15) is 29.1 Å². The van der Waals surface area contributed by atoms with Gasteiger partial charge in [0.2, 0.25) is 11.8 Å². The summed E-state index contributed by atoms with van der Waals surface area (Å²) >= 11 is 0. The summed E-state index contributed by atoms with van der Waals surface area (Å²) in [5.74, 6) is -2.45. The Balaban J connectivity index is 1.26. The highest BCUT2D eigenvalue weighted by Crippen LogP contribution is 2.37. The lowest BCUT2D eigenvalue weighted by atomic mass is 9.98. The summed E-state index contributed by atoms with van der Waals surface area (Å²) in [5.41, 5.74) is 2.83. The number of carboxylic acids is 1. The maximum absolute atomic E-state index is 13.4. The quantitative estimate of drug-likeness (QED) is 0.296. The smallest absolute Gasteiger partial charge is 0.327 e. The number of benzene rings is 3. The Morgan fingerprint density at radius 1 is 0.953 bits per heavy atom. The first-order valence-corrected chi connectivity index (χ1v) is 14.4. The molecule has 2 heterocycles. The molecule has 0 aliphatic carbocycles. The van der Waals surface area contributed by atoms with E-state index in [0.29, 0.717) is 34.6 Å². The molecular weight excluding hydrogens is 548 g/mol. The normalized spacial score (nSPS) is 16.9. The first kappa shape index (κ1) is 29.7. The fraction of sp³-hybridized carbons (Fsp3) is 0.303. The second-order valence-electron chi connectivity index (χ2n) is 11.0. The number of hydrogen-bond donors (Lipinski definition) is 3. The minimum absolute atomic E-state index is 0.0401. The van der Waals surface area contributed by atoms with E-state index in [0.717, 1.165) is 16.9 Å². The third kappa shape index (κ3) is 6.05. The van der Waals surface area contributed by atoms with Crippen LogP contribution in [0.4, 0.5) is 11.4 Å². The third-order valence-corrected chi connectivity index (χ3v) is 8.18. The van der Waals surface area contributed by atoms with Gasteiger partial charge in [-0.15, -0.1) is 0 Å². The molecule has 222 valence electrons. The van der Waals surface area contributed by atoms with Gasteiger partial charge < -0.3 is 15.7 Å². The average molecular weight is 583 g/mol. The Hall–Kier alpha value is -4.83. The van der Waals surface area contributed by atoms with Crippen molar-refractivity contribution in [3.63, 3.8) is 0 Å². The highest BCUT2D eigenvalue weighted by molar-refractivity contribution is 6.34. The number of carboxylic acid groups (broad SMARTS) is 1. The van der Waals surface area contributed by atoms with E-state index in [1.165, 1.54) is 4.90 Å². The molecule has 3 atom stereocenters. The molecule has 0 fully saturated rings. The monoisotopic (exact) mass is 582 g/mol. The van der Waals surface area contributed by atoms with Crippen LogP contribution in [0.1, 0.15) is 52.1 Å². The van der Waals surface area contributed by atoms with Crippen molar-refractivity contribution < 1.29 is 29.1 Å². The zero-order chi connectivity index (χ0) is 30.7. The van der Waals surface area contributed by atoms with Gasteiger partial charge in [0.1, 0.15) is 6.04 Å². The summed E-state index contributed by atoms with van der Waals surface area (Å²) in [5, 5.41) is 16.1. The second kappa shape index (κ2) is 12.6. The van der Waals surface area contributed by atoms with Gasteiger partial charge in [0.25, 0.3) is 11.8 Å². The van der Waals surface area contributed by atoms with E-state index in [1.807, 2.05) is 44.2 Å². The number of carbonyl (C=O) groups is 5. The van der Waals surface area contributed by atoms with Crippen LogP contribution in [0.5, 0.6) is 0 Å². The van der Waals surface area contributed by atoms with Crippen molar-refractivity contribution in [1.29, 1.82) is 0 Å². The van der Waals surface area contributed by atoms with E-state index >= 15 is 0 Å². The van der Waals surface area contributed by atoms with Crippen molar-refractivity contribution in [3.8, 4) is 0 Å². The molecule has 0 saturated heterocycles. The summed E-state index contributed by atoms with van der Waals surface area (Å²) in [6, 6.07) is 19.4. The SMILES string of the molecule is CC[C@H](C)[C@@H](CNCC(=O)N1c2ccc(N3C(=O)c4ccccc4C3=O)cc2CC1C(=O)O)NC(=O)Cc1ccccc1. The fourth-order valence-electron chi connectivity index (χ4n) is 5.64. The van der Waals surface area contributed by atoms with Crippen molar-refractivity contribution in [3.05, 3.63) is 95.1 Å². The molecule has 3 N–H and O–H groups in total. The van der Waals surface area contributed by atoms with Gasteiger partial charge in [-0.3, -0.25) is 24.1 Å². The van der Waals surface area contributed by atoms with Gasteiger partial charge in [-0.05, 0) is 47.4 Å². The number of nitrogens with one attached hydrogen (secondary N) is 2. The van der Waals surface area contributed by atoms with Gasteiger partial charge in [-0.25, -0.2) is 9.69 Å². The maximum atomic E-state index is 13.4. The minimum atomic E-state index is -1.16. The number of anilines is 2. The molecule has 3 aromatic carbocycles. The Kier molecular flexibility index (Phi) is 8.68. The van der Waals surface area contributed by atoms with Crippen LogP contribution >= 0.6 is 0 Å². The van der Waals surface area contributed by atoms with Crippen LogP contribution in [0, 0.1) is 5.92 Å². The molecule has 5 rings (SSSR count). The lowest BCUT2D eigenvalue weighted by Crippen LogP contribution is -2.50. The van der Waals surface area contributed by atoms with Crippen LogP contribution in [-0.2, 0) is 27.2 Å². The number of fused-ring (bicyclic) bond motifs is 2. The fourth-order valence-corrected chi connectivity index (χ4v) is 5.64. The molecule has 10 nitrogen and oxygen atoms in total. The summed E-state index contributed by atoms with van der Waals surface area (Å²) < 4.78 is 0. The number of aliphatic carboxylic acids is 1. The molecular formula is C33H34N4O6. The van der Waals surface area contributed by atoms with E-state index < -0.39 is 29.7 Å². The molecule has 0 saturated carbocycles. The third-order valence-electron chi connectivity index (χ3n) is 8.18. The predicted molar refractivity (Wildman–Crippen MR) is 161 cm³/mol. The summed E-state index contributed by atoms with van der Waals surface area (Å²) in [4.78, 5) is 66.5. The van der Waals surface area contributed by atoms with Gasteiger partial charge in [0.15, 0.2) is 0 Å². The number of carbonyl (C=O) groups excluding carboxylic acids is 4. The van der Waals surface area contributed by atoms with Crippen LogP contribution < -0.4 is 20.4 Å². The van der Waals surface area contributed by atoms with E-state index in [4.69, 9.17) is 0 Å². The number of nitrogens with zero attached hydrogens (tertiary/aromatic N) is 2. The van der Waals surface area contributed by atoms with Crippen molar-refractivity contribution >= 4 is 41.0 Å². The van der Waals surface area contributed by atoms with Gasteiger partial charge in [0, 0.05) is 24.7 Å². The van der Waals surface area contributed by atoms with Crippen LogP contribution in [0.3, 0.4) is 0 Å². The molecule has 0 bridgehead atoms. The Morgan fingerprint density at radius 3 is 2.23 bits per heavy atom. The lowest BCUT2D eigenvalue weighted by Gasteiger charge is -2.26. The van der Waals surface area contributed by atoms with Crippen LogP contribution in [0.15, 0.2) is 72.8 Å². The molecule has 3 aromatic rings. The van der Waals surface area contributed by atoms with E-state index in [1.54, 1.807) is 42.5 Å². The number of imide groups is 1. The van der Waals surface area contributed by atoms with Crippen LogP contribution in [0.25, 0.3) is 0 Å². The predicted octanol–water partition coefficient (Wildman–Crippen LogP) is 3.19. The lowest BCUT2D eigenvalue weighted by molar-refractivity contribution is -0.139. The van der Waals surface area contributed by atoms with E-state index in [2.05, 4.69) is 10.6 Å². The zero-order valence-electron chi connectivity index (χ0n) is 24.1. The van der Waals surface area contributed by atoms with Gasteiger partial charge in [-0.1, -0.05) is 62.7 Å². The van der Waals surface area contributed by atoms with Crippen LogP contribution in [-0.4, -0.2) is 59.9 Å². The first-order chi connectivity index (χ1) is 20.7. The highest BCUT2D eigenvalue weighted by Gasteiger charge is 2.41. The standard InChI is InChI=1S/C33H34N4O6/c1-3-20(2)26(35-29(38)15-21-9-5-4-6-10-21)18-34-19-30(39)37-27-14-13-23(16-22(27)17-28(37)33(42)43)36-31(40)24-11-7-8-12-25(24)32(36)41/h4-14,16,20,26,28,34H,3,15,17-19H2,1-2H3,(H,35,38)(H,42,43)/t20-,26+,28?/m0/s1. The molecule has 0 spiro atoms. The minimum Gasteiger partial charge on any atom is -0.480 e. The van der Waals surface area contributed by atoms with Crippen molar-refractivity contribution in [2.45, 2.75) is 45.2 Å². The van der Waals surface area contributed by atoms with E-state index in [-0.39, 0.29) is 37.3 Å². The van der Waals surface area contributed by atoms with Crippen molar-refractivity contribution in [2.24, 2.45) is 5.92 Å². The first-order valence-electron chi connectivity index (χ1n) is 14.4. The van der Waals surface area contributed by atoms with Crippen LogP contribution in [0.2, 0.25) is 0 Å². The maximum Gasteiger partial charge on any atom is 0.327 e. The molecule has 2 aliphatic heterocycles. The topological polar surface area (TPSA) is 136 Å². The number of rotatable bonds is 11.